The molecule has 10 heteroatoms. The van der Waals surface area contributed by atoms with E-state index >= 15 is 0 Å². The SMILES string of the molecule is O=C(CSc1nnc2n1CCCCC2)NNC(=O)[C@@H]1COc2ccccc2O1. The summed E-state index contributed by atoms with van der Waals surface area (Å²) in [5.74, 6) is 1.40. The number of fused-ring (bicyclic) bond motifs is 2. The fourth-order valence-electron chi connectivity index (χ4n) is 3.09. The lowest BCUT2D eigenvalue weighted by Crippen LogP contribution is -2.51. The number of para-hydroxylation sites is 2. The number of benzene rings is 1. The Kier molecular flexibility index (Phi) is 5.65. The number of ether oxygens (including phenoxy) is 2. The van der Waals surface area contributed by atoms with E-state index in [1.807, 2.05) is 6.07 Å². The molecule has 0 radical (unpaired) electrons. The van der Waals surface area contributed by atoms with Gasteiger partial charge in [-0.15, -0.1) is 10.2 Å². The third-order valence-electron chi connectivity index (χ3n) is 4.53. The number of nitrogens with one attached hydrogen (secondary N) is 2. The predicted molar refractivity (Wildman–Crippen MR) is 101 cm³/mol. The van der Waals surface area contributed by atoms with Crippen molar-refractivity contribution in [2.45, 2.75) is 43.5 Å². The van der Waals surface area contributed by atoms with Crippen LogP contribution in [0.5, 0.6) is 11.5 Å². The highest BCUT2D eigenvalue weighted by molar-refractivity contribution is 7.99. The second-order valence-electron chi connectivity index (χ2n) is 6.55. The molecule has 0 aliphatic carbocycles. The lowest BCUT2D eigenvalue weighted by Gasteiger charge is -2.25. The standard InChI is InChI=1S/C18H21N5O4S/c24-16(11-28-18-22-19-15-8-2-1-5-9-23(15)18)20-21-17(25)14-10-26-12-6-3-4-7-13(12)27-14/h3-4,6-7,14H,1-2,5,8-11H2,(H,20,24)(H,21,25)/t14-/m0/s1. The summed E-state index contributed by atoms with van der Waals surface area (Å²) in [6.45, 7) is 0.961. The predicted octanol–water partition coefficient (Wildman–Crippen LogP) is 1.08. The fourth-order valence-corrected chi connectivity index (χ4v) is 3.88. The van der Waals surface area contributed by atoms with E-state index in [9.17, 15) is 9.59 Å². The molecule has 28 heavy (non-hydrogen) atoms. The van der Waals surface area contributed by atoms with E-state index < -0.39 is 12.0 Å². The third kappa shape index (κ3) is 4.22. The first-order valence-corrected chi connectivity index (χ1v) is 10.2. The summed E-state index contributed by atoms with van der Waals surface area (Å²) in [6.07, 6.45) is 3.48. The summed E-state index contributed by atoms with van der Waals surface area (Å²) in [7, 11) is 0. The number of hydrogen-bond acceptors (Lipinski definition) is 7. The van der Waals surface area contributed by atoms with Gasteiger partial charge in [-0.05, 0) is 25.0 Å². The van der Waals surface area contributed by atoms with Gasteiger partial charge in [-0.3, -0.25) is 20.4 Å². The molecule has 1 aromatic heterocycles. The van der Waals surface area contributed by atoms with Crippen LogP contribution in [-0.2, 0) is 22.6 Å². The van der Waals surface area contributed by atoms with Crippen molar-refractivity contribution in [3.05, 3.63) is 30.1 Å². The van der Waals surface area contributed by atoms with E-state index in [0.717, 1.165) is 36.8 Å². The maximum absolute atomic E-state index is 12.2. The summed E-state index contributed by atoms with van der Waals surface area (Å²) in [4.78, 5) is 24.3. The van der Waals surface area contributed by atoms with E-state index in [1.165, 1.54) is 18.2 Å². The van der Waals surface area contributed by atoms with Gasteiger partial charge in [0.1, 0.15) is 12.4 Å². The highest BCUT2D eigenvalue weighted by Gasteiger charge is 2.27. The number of aromatic nitrogens is 3. The minimum absolute atomic E-state index is 0.0827. The molecule has 0 unspecified atom stereocenters. The molecule has 1 atom stereocenters. The van der Waals surface area contributed by atoms with Gasteiger partial charge in [-0.25, -0.2) is 0 Å². The van der Waals surface area contributed by atoms with Crippen molar-refractivity contribution in [3.8, 4) is 11.5 Å². The van der Waals surface area contributed by atoms with E-state index in [2.05, 4.69) is 25.6 Å². The average molecular weight is 403 g/mol. The third-order valence-corrected chi connectivity index (χ3v) is 5.50. The smallest absolute Gasteiger partial charge is 0.283 e. The number of amides is 2. The molecule has 0 spiro atoms. The van der Waals surface area contributed by atoms with Crippen molar-refractivity contribution in [1.82, 2.24) is 25.6 Å². The molecule has 0 fully saturated rings. The lowest BCUT2D eigenvalue weighted by molar-refractivity contribution is -0.134. The van der Waals surface area contributed by atoms with Crippen LogP contribution in [0.4, 0.5) is 0 Å². The zero-order valence-electron chi connectivity index (χ0n) is 15.2. The van der Waals surface area contributed by atoms with Crippen LogP contribution in [0.15, 0.2) is 29.4 Å². The van der Waals surface area contributed by atoms with Crippen LogP contribution in [0, 0.1) is 0 Å². The van der Waals surface area contributed by atoms with E-state index in [1.54, 1.807) is 18.2 Å². The molecule has 0 bridgehead atoms. The molecule has 2 aliphatic rings. The van der Waals surface area contributed by atoms with Crippen LogP contribution >= 0.6 is 11.8 Å². The van der Waals surface area contributed by atoms with Crippen molar-refractivity contribution >= 4 is 23.6 Å². The van der Waals surface area contributed by atoms with Crippen LogP contribution in [0.2, 0.25) is 0 Å². The van der Waals surface area contributed by atoms with Gasteiger partial charge in [0.25, 0.3) is 5.91 Å². The molecule has 3 heterocycles. The Hall–Kier alpha value is -2.75. The number of nitrogens with zero attached hydrogens (tertiary/aromatic N) is 3. The van der Waals surface area contributed by atoms with Crippen LogP contribution in [0.1, 0.15) is 25.1 Å². The lowest BCUT2D eigenvalue weighted by atomic mass is 10.2. The molecule has 9 nitrogen and oxygen atoms in total. The Morgan fingerprint density at radius 3 is 2.89 bits per heavy atom. The monoisotopic (exact) mass is 403 g/mol. The van der Waals surface area contributed by atoms with Crippen LogP contribution < -0.4 is 20.3 Å². The Morgan fingerprint density at radius 2 is 2.00 bits per heavy atom. The molecule has 2 aromatic rings. The minimum Gasteiger partial charge on any atom is -0.485 e. The molecular weight excluding hydrogens is 382 g/mol. The first-order chi connectivity index (χ1) is 13.7. The van der Waals surface area contributed by atoms with Crippen molar-refractivity contribution in [2.75, 3.05) is 12.4 Å². The van der Waals surface area contributed by atoms with Gasteiger partial charge in [0.2, 0.25) is 12.0 Å². The summed E-state index contributed by atoms with van der Waals surface area (Å²) in [6, 6.07) is 7.13. The molecule has 1 aromatic carbocycles. The highest BCUT2D eigenvalue weighted by atomic mass is 32.2. The Balaban J connectivity index is 1.24. The van der Waals surface area contributed by atoms with Crippen molar-refractivity contribution in [1.29, 1.82) is 0 Å². The molecule has 0 saturated heterocycles. The topological polar surface area (TPSA) is 107 Å². The van der Waals surface area contributed by atoms with Crippen molar-refractivity contribution < 1.29 is 19.1 Å². The van der Waals surface area contributed by atoms with Gasteiger partial charge in [-0.1, -0.05) is 30.3 Å². The van der Waals surface area contributed by atoms with Gasteiger partial charge in [0.05, 0.1) is 5.75 Å². The minimum atomic E-state index is -0.824. The number of thioether (sulfide) groups is 1. The zero-order valence-corrected chi connectivity index (χ0v) is 16.0. The van der Waals surface area contributed by atoms with Gasteiger partial charge >= 0.3 is 0 Å². The van der Waals surface area contributed by atoms with Gasteiger partial charge in [0.15, 0.2) is 16.7 Å². The number of hydrogen-bond donors (Lipinski definition) is 2. The highest BCUT2D eigenvalue weighted by Crippen LogP contribution is 2.30. The van der Waals surface area contributed by atoms with Crippen molar-refractivity contribution in [3.63, 3.8) is 0 Å². The van der Waals surface area contributed by atoms with E-state index in [0.29, 0.717) is 11.5 Å². The van der Waals surface area contributed by atoms with Gasteiger partial charge in [0, 0.05) is 13.0 Å². The number of hydrazine groups is 1. The maximum atomic E-state index is 12.2. The second kappa shape index (κ2) is 8.51. The quantitative estimate of drug-likeness (QED) is 0.581. The largest absolute Gasteiger partial charge is 0.485 e. The molecular formula is C18H21N5O4S. The first kappa shape index (κ1) is 18.6. The molecule has 2 N–H and O–H groups in total. The fraction of sp³-hybridized carbons (Fsp3) is 0.444. The number of carbonyl (C=O) groups excluding carboxylic acids is 2. The molecule has 2 amide bonds. The summed E-state index contributed by atoms with van der Waals surface area (Å²) in [5.41, 5.74) is 4.79. The number of rotatable bonds is 4. The normalized spacial score (nSPS) is 17.9. The summed E-state index contributed by atoms with van der Waals surface area (Å²) >= 11 is 1.31. The van der Waals surface area contributed by atoms with E-state index in [-0.39, 0.29) is 18.3 Å². The Bertz CT molecular complexity index is 871. The van der Waals surface area contributed by atoms with Gasteiger partial charge in [-0.2, -0.15) is 0 Å². The van der Waals surface area contributed by atoms with E-state index in [4.69, 9.17) is 9.47 Å². The average Bonchev–Trinajstić information content (AvgIpc) is 2.96. The molecule has 4 rings (SSSR count). The Labute approximate surface area is 166 Å². The molecule has 0 saturated carbocycles. The first-order valence-electron chi connectivity index (χ1n) is 9.23. The zero-order chi connectivity index (χ0) is 19.3. The second-order valence-corrected chi connectivity index (χ2v) is 7.49. The maximum Gasteiger partial charge on any atom is 0.283 e. The van der Waals surface area contributed by atoms with Crippen LogP contribution in [0.25, 0.3) is 0 Å². The molecule has 148 valence electrons. The summed E-state index contributed by atoms with van der Waals surface area (Å²) < 4.78 is 13.2. The molecule has 2 aliphatic heterocycles. The summed E-state index contributed by atoms with van der Waals surface area (Å²) in [5, 5.41) is 9.12. The van der Waals surface area contributed by atoms with Crippen LogP contribution in [-0.4, -0.2) is 45.0 Å². The number of aryl methyl sites for hydroxylation is 1. The Morgan fingerprint density at radius 1 is 1.14 bits per heavy atom. The van der Waals surface area contributed by atoms with Gasteiger partial charge < -0.3 is 14.0 Å². The van der Waals surface area contributed by atoms with Crippen molar-refractivity contribution in [2.24, 2.45) is 0 Å². The van der Waals surface area contributed by atoms with Crippen LogP contribution in [0.3, 0.4) is 0 Å². The number of carbonyl (C=O) groups is 2.